The molecule has 0 radical (unpaired) electrons. The third-order valence-corrected chi connectivity index (χ3v) is 4.52. The van der Waals surface area contributed by atoms with Crippen LogP contribution in [-0.4, -0.2) is 9.97 Å². The Kier molecular flexibility index (Phi) is 3.53. The van der Waals surface area contributed by atoms with Crippen LogP contribution in [0.3, 0.4) is 0 Å². The van der Waals surface area contributed by atoms with Gasteiger partial charge >= 0.3 is 0 Å². The van der Waals surface area contributed by atoms with Crippen LogP contribution < -0.4 is 0 Å². The van der Waals surface area contributed by atoms with E-state index < -0.39 is 0 Å². The molecule has 0 saturated carbocycles. The van der Waals surface area contributed by atoms with Crippen LogP contribution in [0.15, 0.2) is 60.9 Å². The minimum atomic E-state index is 0.521. The van der Waals surface area contributed by atoms with Crippen molar-refractivity contribution in [1.82, 2.24) is 9.97 Å². The molecule has 0 N–H and O–H groups in total. The van der Waals surface area contributed by atoms with Crippen molar-refractivity contribution in [3.05, 3.63) is 72.1 Å². The molecule has 0 aliphatic rings. The minimum Gasteiger partial charge on any atom is -0.256 e. The van der Waals surface area contributed by atoms with Gasteiger partial charge < -0.3 is 0 Å². The number of nitrogens with zero attached hydrogens (tertiary/aromatic N) is 2. The summed E-state index contributed by atoms with van der Waals surface area (Å²) in [5.41, 5.74) is 6.92. The second kappa shape index (κ2) is 5.72. The molecule has 0 spiro atoms. The van der Waals surface area contributed by atoms with Crippen molar-refractivity contribution in [1.29, 1.82) is 0 Å². The van der Waals surface area contributed by atoms with E-state index in [1.54, 1.807) is 0 Å². The first-order chi connectivity index (χ1) is 11.6. The van der Waals surface area contributed by atoms with Crippen LogP contribution in [0.25, 0.3) is 32.9 Å². The molecule has 0 fully saturated rings. The molecule has 2 aromatic carbocycles. The van der Waals surface area contributed by atoms with E-state index in [9.17, 15) is 0 Å². The zero-order valence-corrected chi connectivity index (χ0v) is 14.2. The third kappa shape index (κ3) is 2.65. The Bertz CT molecular complexity index is 1050. The summed E-state index contributed by atoms with van der Waals surface area (Å²) in [5, 5.41) is 2.37. The summed E-state index contributed by atoms with van der Waals surface area (Å²) in [5.74, 6) is 0.521. The highest BCUT2D eigenvalue weighted by Gasteiger charge is 2.05. The Morgan fingerprint density at radius 1 is 0.708 bits per heavy atom. The van der Waals surface area contributed by atoms with Gasteiger partial charge in [-0.05, 0) is 65.9 Å². The number of hydrogen-bond acceptors (Lipinski definition) is 2. The van der Waals surface area contributed by atoms with Gasteiger partial charge in [0.1, 0.15) is 0 Å². The first-order valence-electron chi connectivity index (χ1n) is 8.37. The fourth-order valence-corrected chi connectivity index (χ4v) is 3.09. The van der Waals surface area contributed by atoms with Crippen LogP contribution in [-0.2, 0) is 0 Å². The molecule has 2 heteroatoms. The lowest BCUT2D eigenvalue weighted by Crippen LogP contribution is -1.89. The van der Waals surface area contributed by atoms with Crippen LogP contribution in [0.1, 0.15) is 30.9 Å². The first kappa shape index (κ1) is 14.8. The second-order valence-electron chi connectivity index (χ2n) is 6.75. The molecule has 2 heterocycles. The van der Waals surface area contributed by atoms with E-state index in [1.807, 2.05) is 12.4 Å². The lowest BCUT2D eigenvalue weighted by Gasteiger charge is -2.09. The molecule has 0 atom stereocenters. The van der Waals surface area contributed by atoms with E-state index >= 15 is 0 Å². The lowest BCUT2D eigenvalue weighted by atomic mass is 9.99. The fourth-order valence-electron chi connectivity index (χ4n) is 3.09. The number of hydrogen-bond donors (Lipinski definition) is 0. The van der Waals surface area contributed by atoms with Crippen molar-refractivity contribution in [2.24, 2.45) is 0 Å². The maximum atomic E-state index is 4.64. The zero-order chi connectivity index (χ0) is 16.7. The molecule has 0 saturated heterocycles. The van der Waals surface area contributed by atoms with Crippen molar-refractivity contribution in [2.45, 2.75) is 26.7 Å². The standard InChI is InChI=1S/C22H20N2/c1-14(2)16-4-6-22-19(9-16)11-20(13-24-22)17-5-7-21-18(10-17)8-15(3)12-23-21/h4-14H,1-3H3. The largest absolute Gasteiger partial charge is 0.256 e. The number of rotatable bonds is 2. The summed E-state index contributed by atoms with van der Waals surface area (Å²) < 4.78 is 0. The summed E-state index contributed by atoms with van der Waals surface area (Å²) in [7, 11) is 0. The predicted octanol–water partition coefficient (Wildman–Crippen LogP) is 5.88. The highest BCUT2D eigenvalue weighted by Crippen LogP contribution is 2.27. The Labute approximate surface area is 142 Å². The monoisotopic (exact) mass is 312 g/mol. The molecular formula is C22H20N2. The molecule has 0 aliphatic carbocycles. The Morgan fingerprint density at radius 3 is 2.17 bits per heavy atom. The molecular weight excluding hydrogens is 292 g/mol. The normalized spacial score (nSPS) is 11.5. The van der Waals surface area contributed by atoms with Crippen molar-refractivity contribution >= 4 is 21.8 Å². The minimum absolute atomic E-state index is 0.521. The molecule has 24 heavy (non-hydrogen) atoms. The predicted molar refractivity (Wildman–Crippen MR) is 101 cm³/mol. The van der Waals surface area contributed by atoms with Gasteiger partial charge in [0.2, 0.25) is 0 Å². The Balaban J connectivity index is 1.85. The maximum absolute atomic E-state index is 4.64. The second-order valence-corrected chi connectivity index (χ2v) is 6.75. The smallest absolute Gasteiger partial charge is 0.0702 e. The zero-order valence-electron chi connectivity index (χ0n) is 14.2. The number of benzene rings is 2. The molecule has 2 nitrogen and oxygen atoms in total. The third-order valence-electron chi connectivity index (χ3n) is 4.52. The summed E-state index contributed by atoms with van der Waals surface area (Å²) in [4.78, 5) is 9.12. The summed E-state index contributed by atoms with van der Waals surface area (Å²) >= 11 is 0. The van der Waals surface area contributed by atoms with Gasteiger partial charge in [0.05, 0.1) is 11.0 Å². The van der Waals surface area contributed by atoms with E-state index in [-0.39, 0.29) is 0 Å². The first-order valence-corrected chi connectivity index (χ1v) is 8.37. The van der Waals surface area contributed by atoms with Crippen LogP contribution in [0.2, 0.25) is 0 Å². The van der Waals surface area contributed by atoms with Gasteiger partial charge in [0.25, 0.3) is 0 Å². The van der Waals surface area contributed by atoms with E-state index in [2.05, 4.69) is 79.3 Å². The fraction of sp³-hybridized carbons (Fsp3) is 0.182. The van der Waals surface area contributed by atoms with Gasteiger partial charge in [-0.3, -0.25) is 9.97 Å². The summed E-state index contributed by atoms with van der Waals surface area (Å²) in [6.07, 6.45) is 3.87. The van der Waals surface area contributed by atoms with Gasteiger partial charge in [-0.1, -0.05) is 26.0 Å². The average Bonchev–Trinajstić information content (AvgIpc) is 2.60. The van der Waals surface area contributed by atoms with Crippen LogP contribution >= 0.6 is 0 Å². The highest BCUT2D eigenvalue weighted by molar-refractivity contribution is 5.88. The number of aryl methyl sites for hydroxylation is 1. The van der Waals surface area contributed by atoms with Crippen molar-refractivity contribution in [3.63, 3.8) is 0 Å². The molecule has 2 aromatic heterocycles. The summed E-state index contributed by atoms with van der Waals surface area (Å²) in [6, 6.07) is 17.4. The van der Waals surface area contributed by atoms with Gasteiger partial charge in [-0.15, -0.1) is 0 Å². The van der Waals surface area contributed by atoms with Gasteiger partial charge in [-0.25, -0.2) is 0 Å². The highest BCUT2D eigenvalue weighted by atomic mass is 14.7. The van der Waals surface area contributed by atoms with Gasteiger partial charge in [0.15, 0.2) is 0 Å². The summed E-state index contributed by atoms with van der Waals surface area (Å²) in [6.45, 7) is 6.51. The van der Waals surface area contributed by atoms with Crippen molar-refractivity contribution < 1.29 is 0 Å². The van der Waals surface area contributed by atoms with E-state index in [1.165, 1.54) is 27.5 Å². The SMILES string of the molecule is Cc1cnc2ccc(-c3cnc4ccc(C(C)C)cc4c3)cc2c1. The quantitative estimate of drug-likeness (QED) is 0.462. The topological polar surface area (TPSA) is 25.8 Å². The number of aromatic nitrogens is 2. The average molecular weight is 312 g/mol. The Hall–Kier alpha value is -2.74. The molecule has 0 unspecified atom stereocenters. The van der Waals surface area contributed by atoms with E-state index in [4.69, 9.17) is 0 Å². The van der Waals surface area contributed by atoms with E-state index in [0.717, 1.165) is 16.6 Å². The van der Waals surface area contributed by atoms with Gasteiger partial charge in [-0.2, -0.15) is 0 Å². The van der Waals surface area contributed by atoms with Crippen LogP contribution in [0, 0.1) is 6.92 Å². The molecule has 0 aliphatic heterocycles. The maximum Gasteiger partial charge on any atom is 0.0702 e. The molecule has 118 valence electrons. The van der Waals surface area contributed by atoms with Gasteiger partial charge in [0, 0.05) is 28.7 Å². The molecule has 0 bridgehead atoms. The van der Waals surface area contributed by atoms with Crippen LogP contribution in [0.5, 0.6) is 0 Å². The number of fused-ring (bicyclic) bond motifs is 2. The Morgan fingerprint density at radius 2 is 1.38 bits per heavy atom. The molecule has 4 aromatic rings. The van der Waals surface area contributed by atoms with Crippen LogP contribution in [0.4, 0.5) is 0 Å². The van der Waals surface area contributed by atoms with Crippen molar-refractivity contribution in [3.8, 4) is 11.1 Å². The lowest BCUT2D eigenvalue weighted by molar-refractivity contribution is 0.868. The van der Waals surface area contributed by atoms with E-state index in [0.29, 0.717) is 5.92 Å². The number of pyridine rings is 2. The van der Waals surface area contributed by atoms with Crippen molar-refractivity contribution in [2.75, 3.05) is 0 Å². The molecule has 4 rings (SSSR count). The molecule has 0 amide bonds.